The molecule has 5 aromatic carbocycles. The summed E-state index contributed by atoms with van der Waals surface area (Å²) >= 11 is 0. The van der Waals surface area contributed by atoms with Gasteiger partial charge in [0.25, 0.3) is 0 Å². The van der Waals surface area contributed by atoms with Crippen molar-refractivity contribution < 1.29 is 4.42 Å². The van der Waals surface area contributed by atoms with E-state index in [1.54, 1.807) is 0 Å². The molecule has 2 heterocycles. The average Bonchev–Trinajstić information content (AvgIpc) is 3.40. The maximum absolute atomic E-state index is 6.32. The zero-order valence-corrected chi connectivity index (χ0v) is 22.2. The summed E-state index contributed by atoms with van der Waals surface area (Å²) in [6.45, 7) is 9.44. The average molecular weight is 492 g/mol. The van der Waals surface area contributed by atoms with Crippen LogP contribution in [0.25, 0.3) is 33.1 Å². The third kappa shape index (κ3) is 2.67. The van der Waals surface area contributed by atoms with E-state index in [0.29, 0.717) is 0 Å². The quantitative estimate of drug-likeness (QED) is 0.227. The van der Waals surface area contributed by atoms with Crippen LogP contribution in [0.15, 0.2) is 108 Å². The molecule has 6 aromatic rings. The SMILES string of the molecule is CC1(C)c2ccccc2-c2cc3c(cc21)N(c1ccc2c(c1)oc1ccccc12)c1ccccc1C3(C)C. The number of hydrogen-bond acceptors (Lipinski definition) is 2. The lowest BCUT2D eigenvalue weighted by Gasteiger charge is -2.42. The normalized spacial score (nSPS) is 16.3. The summed E-state index contributed by atoms with van der Waals surface area (Å²) in [6, 6.07) is 37.7. The van der Waals surface area contributed by atoms with Crippen LogP contribution in [0.3, 0.4) is 0 Å². The molecule has 0 unspecified atom stereocenters. The minimum absolute atomic E-state index is 0.0591. The van der Waals surface area contributed by atoms with E-state index in [2.05, 4.69) is 124 Å². The van der Waals surface area contributed by atoms with E-state index in [1.807, 2.05) is 12.1 Å². The summed E-state index contributed by atoms with van der Waals surface area (Å²) < 4.78 is 6.32. The van der Waals surface area contributed by atoms with Gasteiger partial charge in [-0.05, 0) is 69.8 Å². The van der Waals surface area contributed by atoms with Gasteiger partial charge in [0, 0.05) is 33.4 Å². The maximum Gasteiger partial charge on any atom is 0.137 e. The number of benzene rings is 5. The molecular weight excluding hydrogens is 462 g/mol. The molecule has 8 rings (SSSR count). The molecule has 0 N–H and O–H groups in total. The lowest BCUT2D eigenvalue weighted by atomic mass is 9.72. The number of furan rings is 1. The van der Waals surface area contributed by atoms with Gasteiger partial charge in [0.1, 0.15) is 11.2 Å². The summed E-state index contributed by atoms with van der Waals surface area (Å²) in [6.07, 6.45) is 0. The van der Waals surface area contributed by atoms with Crippen molar-refractivity contribution in [2.75, 3.05) is 4.90 Å². The molecule has 184 valence electrons. The van der Waals surface area contributed by atoms with Gasteiger partial charge < -0.3 is 9.32 Å². The number of anilines is 3. The van der Waals surface area contributed by atoms with Crippen molar-refractivity contribution in [1.29, 1.82) is 0 Å². The molecule has 0 atom stereocenters. The van der Waals surface area contributed by atoms with Gasteiger partial charge >= 0.3 is 0 Å². The van der Waals surface area contributed by atoms with E-state index in [-0.39, 0.29) is 10.8 Å². The molecular formula is C36H29NO. The first-order valence-electron chi connectivity index (χ1n) is 13.5. The minimum atomic E-state index is -0.136. The second-order valence-corrected chi connectivity index (χ2v) is 11.8. The van der Waals surface area contributed by atoms with E-state index in [9.17, 15) is 0 Å². The Hall–Kier alpha value is -4.30. The highest BCUT2D eigenvalue weighted by atomic mass is 16.3. The zero-order valence-electron chi connectivity index (χ0n) is 22.2. The Morgan fingerprint density at radius 1 is 0.500 bits per heavy atom. The van der Waals surface area contributed by atoms with Gasteiger partial charge in [0.2, 0.25) is 0 Å². The van der Waals surface area contributed by atoms with Gasteiger partial charge in [-0.15, -0.1) is 0 Å². The van der Waals surface area contributed by atoms with Crippen molar-refractivity contribution in [2.24, 2.45) is 0 Å². The molecule has 0 saturated heterocycles. The smallest absolute Gasteiger partial charge is 0.137 e. The zero-order chi connectivity index (χ0) is 25.8. The van der Waals surface area contributed by atoms with Gasteiger partial charge in [-0.3, -0.25) is 0 Å². The molecule has 0 saturated carbocycles. The molecule has 0 radical (unpaired) electrons. The fourth-order valence-corrected chi connectivity index (χ4v) is 7.03. The fourth-order valence-electron chi connectivity index (χ4n) is 7.03. The van der Waals surface area contributed by atoms with Crippen molar-refractivity contribution in [2.45, 2.75) is 38.5 Å². The lowest BCUT2D eigenvalue weighted by molar-refractivity contribution is 0.627. The fraction of sp³-hybridized carbons (Fsp3) is 0.167. The highest BCUT2D eigenvalue weighted by molar-refractivity contribution is 6.06. The van der Waals surface area contributed by atoms with Crippen LogP contribution in [-0.4, -0.2) is 0 Å². The highest BCUT2D eigenvalue weighted by Crippen LogP contribution is 2.57. The Morgan fingerprint density at radius 2 is 1.18 bits per heavy atom. The molecule has 38 heavy (non-hydrogen) atoms. The first-order chi connectivity index (χ1) is 18.4. The van der Waals surface area contributed by atoms with Crippen molar-refractivity contribution in [3.63, 3.8) is 0 Å². The highest BCUT2D eigenvalue weighted by Gasteiger charge is 2.42. The maximum atomic E-state index is 6.32. The van der Waals surface area contributed by atoms with E-state index in [4.69, 9.17) is 4.42 Å². The van der Waals surface area contributed by atoms with Crippen LogP contribution in [0.2, 0.25) is 0 Å². The number of fused-ring (bicyclic) bond motifs is 8. The Morgan fingerprint density at radius 3 is 2.05 bits per heavy atom. The summed E-state index contributed by atoms with van der Waals surface area (Å²) in [5, 5.41) is 2.31. The molecule has 2 nitrogen and oxygen atoms in total. The van der Waals surface area contributed by atoms with Gasteiger partial charge in [-0.1, -0.05) is 88.4 Å². The number of rotatable bonds is 1. The van der Waals surface area contributed by atoms with Crippen molar-refractivity contribution in [3.8, 4) is 11.1 Å². The van der Waals surface area contributed by atoms with Gasteiger partial charge in [0.05, 0.1) is 11.4 Å². The predicted octanol–water partition coefficient (Wildman–Crippen LogP) is 10.0. The van der Waals surface area contributed by atoms with Crippen LogP contribution in [0.4, 0.5) is 17.1 Å². The lowest BCUT2D eigenvalue weighted by Crippen LogP contribution is -2.31. The third-order valence-corrected chi connectivity index (χ3v) is 9.05. The molecule has 0 fully saturated rings. The molecule has 1 aliphatic heterocycles. The van der Waals surface area contributed by atoms with Crippen molar-refractivity contribution in [3.05, 3.63) is 125 Å². The topological polar surface area (TPSA) is 16.4 Å². The van der Waals surface area contributed by atoms with Crippen molar-refractivity contribution in [1.82, 2.24) is 0 Å². The Bertz CT molecular complexity index is 1940. The first kappa shape index (κ1) is 21.8. The molecule has 1 aromatic heterocycles. The van der Waals surface area contributed by atoms with E-state index in [1.165, 1.54) is 44.8 Å². The van der Waals surface area contributed by atoms with E-state index < -0.39 is 0 Å². The summed E-state index contributed by atoms with van der Waals surface area (Å²) in [5.41, 5.74) is 13.5. The van der Waals surface area contributed by atoms with Crippen LogP contribution >= 0.6 is 0 Å². The summed E-state index contributed by atoms with van der Waals surface area (Å²) in [7, 11) is 0. The number of hydrogen-bond donors (Lipinski definition) is 0. The van der Waals surface area contributed by atoms with E-state index >= 15 is 0 Å². The predicted molar refractivity (Wildman–Crippen MR) is 158 cm³/mol. The molecule has 2 aliphatic rings. The van der Waals surface area contributed by atoms with Gasteiger partial charge in [0.15, 0.2) is 0 Å². The monoisotopic (exact) mass is 491 g/mol. The van der Waals surface area contributed by atoms with Crippen LogP contribution in [-0.2, 0) is 10.8 Å². The van der Waals surface area contributed by atoms with Crippen molar-refractivity contribution >= 4 is 39.0 Å². The summed E-state index contributed by atoms with van der Waals surface area (Å²) in [5.74, 6) is 0. The van der Waals surface area contributed by atoms with Gasteiger partial charge in [-0.2, -0.15) is 0 Å². The molecule has 0 amide bonds. The van der Waals surface area contributed by atoms with Gasteiger partial charge in [-0.25, -0.2) is 0 Å². The largest absolute Gasteiger partial charge is 0.456 e. The third-order valence-electron chi connectivity index (χ3n) is 9.05. The Balaban J connectivity index is 1.43. The summed E-state index contributed by atoms with van der Waals surface area (Å²) in [4.78, 5) is 2.45. The van der Waals surface area contributed by atoms with Crippen LogP contribution in [0.1, 0.15) is 49.9 Å². The molecule has 0 spiro atoms. The second kappa shape index (κ2) is 7.17. The first-order valence-corrected chi connectivity index (χ1v) is 13.5. The minimum Gasteiger partial charge on any atom is -0.456 e. The molecule has 2 heteroatoms. The Kier molecular flexibility index (Phi) is 4.10. The standard InChI is InChI=1S/C36H29NO/c1-35(2)27-13-7-5-11-23(27)26-20-30-32(21-29(26)35)37(31-15-9-8-14-28(31)36(30,3)4)22-17-18-25-24-12-6-10-16-33(24)38-34(25)19-22/h5-21H,1-4H3. The van der Waals surface area contributed by atoms with E-state index in [0.717, 1.165) is 27.6 Å². The molecule has 0 bridgehead atoms. The second-order valence-electron chi connectivity index (χ2n) is 11.8. The number of nitrogens with zero attached hydrogens (tertiary/aromatic N) is 1. The number of para-hydroxylation sites is 2. The molecule has 1 aliphatic carbocycles. The Labute approximate surface area is 223 Å². The van der Waals surface area contributed by atoms with Crippen LogP contribution < -0.4 is 4.90 Å². The van der Waals surface area contributed by atoms with Crippen LogP contribution in [0, 0.1) is 0 Å². The van der Waals surface area contributed by atoms with Crippen LogP contribution in [0.5, 0.6) is 0 Å².